The van der Waals surface area contributed by atoms with Gasteiger partial charge < -0.3 is 14.6 Å². The predicted molar refractivity (Wildman–Crippen MR) is 152 cm³/mol. The van der Waals surface area contributed by atoms with E-state index < -0.39 is 0 Å². The number of para-hydroxylation sites is 2. The molecular formula is C30H29N5O3S. The Balaban J connectivity index is 1.01. The number of rotatable bonds is 7. The molecule has 5 aromatic rings. The van der Waals surface area contributed by atoms with Gasteiger partial charge in [-0.1, -0.05) is 54.1 Å². The van der Waals surface area contributed by atoms with Crippen LogP contribution in [0.4, 0.5) is 0 Å². The van der Waals surface area contributed by atoms with Crippen molar-refractivity contribution in [1.82, 2.24) is 23.8 Å². The topological polar surface area (TPSA) is 93.1 Å². The minimum absolute atomic E-state index is 0.0840. The summed E-state index contributed by atoms with van der Waals surface area (Å²) < 4.78 is 12.2. The van der Waals surface area contributed by atoms with E-state index in [0.717, 1.165) is 40.8 Å². The lowest BCUT2D eigenvalue weighted by Gasteiger charge is -2.32. The molecule has 0 atom stereocenters. The Morgan fingerprint density at radius 2 is 1.72 bits per heavy atom. The first-order valence-electron chi connectivity index (χ1n) is 13.1. The van der Waals surface area contributed by atoms with E-state index in [1.165, 1.54) is 17.1 Å². The molecule has 1 N–H and O–H groups in total. The van der Waals surface area contributed by atoms with Crippen LogP contribution in [0, 0.1) is 6.92 Å². The summed E-state index contributed by atoms with van der Waals surface area (Å²) in [6.07, 6.45) is 2.51. The number of benzene rings is 3. The Labute approximate surface area is 230 Å². The van der Waals surface area contributed by atoms with Crippen molar-refractivity contribution in [3.8, 4) is 10.9 Å². The number of nitrogens with one attached hydrogen (secondary N) is 1. The zero-order valence-corrected chi connectivity index (χ0v) is 22.5. The van der Waals surface area contributed by atoms with E-state index in [-0.39, 0.29) is 17.6 Å². The van der Waals surface area contributed by atoms with Crippen LogP contribution in [-0.4, -0.2) is 42.8 Å². The molecule has 0 saturated carbocycles. The van der Waals surface area contributed by atoms with Crippen molar-refractivity contribution in [3.05, 3.63) is 106 Å². The largest absolute Gasteiger partial charge is 0.430 e. The number of carbonyl (C=O) groups excluding carboxylic acids is 1. The molecule has 0 aliphatic carbocycles. The molecule has 3 aromatic carbocycles. The molecule has 1 fully saturated rings. The third-order valence-corrected chi connectivity index (χ3v) is 7.86. The molecule has 198 valence electrons. The van der Waals surface area contributed by atoms with Crippen molar-refractivity contribution in [3.63, 3.8) is 0 Å². The molecule has 1 aliphatic heterocycles. The lowest BCUT2D eigenvalue weighted by atomic mass is 10.0. The maximum Gasteiger partial charge on any atom is 0.326 e. The Kier molecular flexibility index (Phi) is 6.98. The van der Waals surface area contributed by atoms with Gasteiger partial charge in [0.15, 0.2) is 5.82 Å². The summed E-state index contributed by atoms with van der Waals surface area (Å²) in [7, 11) is 0. The number of fused-ring (bicyclic) bond motifs is 1. The highest BCUT2D eigenvalue weighted by Crippen LogP contribution is 2.27. The molecule has 3 heterocycles. The van der Waals surface area contributed by atoms with Crippen molar-refractivity contribution in [1.29, 1.82) is 0 Å². The lowest BCUT2D eigenvalue weighted by molar-refractivity contribution is -0.131. The first-order chi connectivity index (χ1) is 19.0. The van der Waals surface area contributed by atoms with Crippen LogP contribution in [0.1, 0.15) is 41.4 Å². The quantitative estimate of drug-likeness (QED) is 0.304. The van der Waals surface area contributed by atoms with Gasteiger partial charge in [-0.15, -0.1) is 0 Å². The van der Waals surface area contributed by atoms with Crippen LogP contribution in [0.3, 0.4) is 0 Å². The van der Waals surface area contributed by atoms with Gasteiger partial charge in [0.25, 0.3) is 5.19 Å². The average Bonchev–Trinajstić information content (AvgIpc) is 3.53. The Hall–Kier alpha value is -4.24. The van der Waals surface area contributed by atoms with Crippen LogP contribution >= 0.6 is 11.5 Å². The first kappa shape index (κ1) is 25.1. The van der Waals surface area contributed by atoms with E-state index in [1.807, 2.05) is 58.0 Å². The molecule has 0 bridgehead atoms. The Morgan fingerprint density at radius 3 is 2.49 bits per heavy atom. The van der Waals surface area contributed by atoms with Crippen molar-refractivity contribution < 1.29 is 9.53 Å². The summed E-state index contributed by atoms with van der Waals surface area (Å²) >= 11 is 1.23. The molecule has 8 nitrogen and oxygen atoms in total. The minimum atomic E-state index is -0.0840. The third-order valence-electron chi connectivity index (χ3n) is 7.22. The van der Waals surface area contributed by atoms with E-state index in [4.69, 9.17) is 4.74 Å². The normalized spacial score (nSPS) is 14.1. The number of hydrogen-bond donors (Lipinski definition) is 1. The van der Waals surface area contributed by atoms with Crippen LogP contribution in [0.5, 0.6) is 10.9 Å². The van der Waals surface area contributed by atoms with E-state index >= 15 is 0 Å². The smallest absolute Gasteiger partial charge is 0.326 e. The van der Waals surface area contributed by atoms with Crippen molar-refractivity contribution in [2.75, 3.05) is 13.1 Å². The molecule has 0 radical (unpaired) electrons. The number of H-pyrrole nitrogens is 1. The summed E-state index contributed by atoms with van der Waals surface area (Å²) in [5.41, 5.74) is 5.00. The summed E-state index contributed by atoms with van der Waals surface area (Å²) in [5, 5.41) is 0.498. The standard InChI is InChI=1S/C30H29N5O3S/c1-20-6-8-21(9-7-20)18-27-32-30(39-33-27)38-24-12-10-22(11-13-24)19-28(36)34-16-14-23(15-17-34)35-26-5-3-2-4-25(26)31-29(35)37/h2-13,23H,14-19H2,1H3,(H,31,37). The van der Waals surface area contributed by atoms with Gasteiger partial charge in [-0.05, 0) is 55.2 Å². The summed E-state index contributed by atoms with van der Waals surface area (Å²) in [6, 6.07) is 23.7. The number of aromatic nitrogens is 4. The van der Waals surface area contributed by atoms with Crippen LogP contribution in [0.2, 0.25) is 0 Å². The van der Waals surface area contributed by atoms with Gasteiger partial charge in [0, 0.05) is 37.1 Å². The predicted octanol–water partition coefficient (Wildman–Crippen LogP) is 5.28. The summed E-state index contributed by atoms with van der Waals surface area (Å²) in [4.78, 5) is 34.9. The Morgan fingerprint density at radius 1 is 1.00 bits per heavy atom. The van der Waals surface area contributed by atoms with Gasteiger partial charge in [0.1, 0.15) is 5.75 Å². The number of likely N-dealkylation sites (tertiary alicyclic amines) is 1. The van der Waals surface area contributed by atoms with Gasteiger partial charge in [-0.25, -0.2) is 4.79 Å². The number of aryl methyl sites for hydroxylation is 1. The zero-order valence-electron chi connectivity index (χ0n) is 21.7. The van der Waals surface area contributed by atoms with Crippen LogP contribution in [0.15, 0.2) is 77.6 Å². The molecular weight excluding hydrogens is 510 g/mol. The molecule has 9 heteroatoms. The number of piperidine rings is 1. The van der Waals surface area contributed by atoms with Crippen LogP contribution in [0.25, 0.3) is 11.0 Å². The second-order valence-corrected chi connectivity index (χ2v) is 10.7. The lowest BCUT2D eigenvalue weighted by Crippen LogP contribution is -2.41. The van der Waals surface area contributed by atoms with E-state index in [2.05, 4.69) is 45.5 Å². The number of ether oxygens (including phenoxy) is 1. The molecule has 1 aliphatic rings. The average molecular weight is 540 g/mol. The molecule has 0 spiro atoms. The number of imidazole rings is 1. The number of amides is 1. The molecule has 6 rings (SSSR count). The number of nitrogens with zero attached hydrogens (tertiary/aromatic N) is 4. The fourth-order valence-corrected chi connectivity index (χ4v) is 5.68. The Bertz CT molecular complexity index is 1640. The SMILES string of the molecule is Cc1ccc(Cc2nsc(Oc3ccc(CC(=O)N4CCC(n5c(=O)[nH]c6ccccc65)CC4)cc3)n2)cc1. The van der Waals surface area contributed by atoms with Gasteiger partial charge in [0.05, 0.1) is 17.5 Å². The molecule has 1 amide bonds. The monoisotopic (exact) mass is 539 g/mol. The number of carbonyl (C=O) groups is 1. The highest BCUT2D eigenvalue weighted by atomic mass is 32.1. The second kappa shape index (κ2) is 10.9. The number of hydrogen-bond acceptors (Lipinski definition) is 6. The van der Waals surface area contributed by atoms with E-state index in [0.29, 0.717) is 36.9 Å². The maximum atomic E-state index is 13.0. The van der Waals surface area contributed by atoms with Gasteiger partial charge >= 0.3 is 5.69 Å². The summed E-state index contributed by atoms with van der Waals surface area (Å²) in [6.45, 7) is 3.34. The molecule has 0 unspecified atom stereocenters. The second-order valence-electron chi connectivity index (χ2n) is 9.99. The molecule has 39 heavy (non-hydrogen) atoms. The maximum absolute atomic E-state index is 13.0. The van der Waals surface area contributed by atoms with Crippen molar-refractivity contribution in [2.24, 2.45) is 0 Å². The van der Waals surface area contributed by atoms with E-state index in [1.54, 1.807) is 0 Å². The van der Waals surface area contributed by atoms with Gasteiger partial charge in [0.2, 0.25) is 5.91 Å². The van der Waals surface area contributed by atoms with Crippen molar-refractivity contribution in [2.45, 2.75) is 38.6 Å². The van der Waals surface area contributed by atoms with Crippen LogP contribution in [-0.2, 0) is 17.6 Å². The number of aromatic amines is 1. The first-order valence-corrected chi connectivity index (χ1v) is 13.9. The fourth-order valence-electron chi connectivity index (χ4n) is 5.11. The summed E-state index contributed by atoms with van der Waals surface area (Å²) in [5.74, 6) is 1.49. The zero-order chi connectivity index (χ0) is 26.8. The highest BCUT2D eigenvalue weighted by molar-refractivity contribution is 7.07. The van der Waals surface area contributed by atoms with Crippen LogP contribution < -0.4 is 10.4 Å². The van der Waals surface area contributed by atoms with Crippen molar-refractivity contribution >= 4 is 28.5 Å². The third kappa shape index (κ3) is 5.63. The van der Waals surface area contributed by atoms with E-state index in [9.17, 15) is 9.59 Å². The molecule has 1 saturated heterocycles. The van der Waals surface area contributed by atoms with Gasteiger partial charge in [-0.2, -0.15) is 9.36 Å². The highest BCUT2D eigenvalue weighted by Gasteiger charge is 2.26. The van der Waals surface area contributed by atoms with Gasteiger partial charge in [-0.3, -0.25) is 9.36 Å². The fraction of sp³-hybridized carbons (Fsp3) is 0.267. The molecule has 2 aromatic heterocycles. The minimum Gasteiger partial charge on any atom is -0.430 e.